The lowest BCUT2D eigenvalue weighted by molar-refractivity contribution is -0.125. The van der Waals surface area contributed by atoms with Crippen LogP contribution in [0.4, 0.5) is 5.69 Å². The van der Waals surface area contributed by atoms with Gasteiger partial charge in [-0.2, -0.15) is 0 Å². The van der Waals surface area contributed by atoms with Crippen LogP contribution in [0.1, 0.15) is 18.4 Å². The van der Waals surface area contributed by atoms with Crippen LogP contribution in [-0.4, -0.2) is 38.9 Å². The van der Waals surface area contributed by atoms with Gasteiger partial charge < -0.3 is 16.0 Å². The van der Waals surface area contributed by atoms with Gasteiger partial charge in [-0.1, -0.05) is 30.3 Å². The lowest BCUT2D eigenvalue weighted by atomic mass is 9.95. The number of piperidine rings is 1. The highest BCUT2D eigenvalue weighted by Gasteiger charge is 2.25. The van der Waals surface area contributed by atoms with Crippen LogP contribution in [0.3, 0.4) is 0 Å². The summed E-state index contributed by atoms with van der Waals surface area (Å²) in [7, 11) is -3.81. The van der Waals surface area contributed by atoms with Crippen LogP contribution in [0.15, 0.2) is 64.5 Å². The number of thiocarbonyl (C=S) groups is 1. The largest absolute Gasteiger partial charge is 0.390 e. The Morgan fingerprint density at radius 3 is 2.39 bits per heavy atom. The number of carbonyl (C=O) groups excluding carboxylic acids is 1. The Hall–Kier alpha value is -2.98. The van der Waals surface area contributed by atoms with E-state index in [0.29, 0.717) is 6.54 Å². The summed E-state index contributed by atoms with van der Waals surface area (Å²) < 4.78 is 26.8. The molecule has 0 unspecified atom stereocenters. The van der Waals surface area contributed by atoms with Gasteiger partial charge in [-0.25, -0.2) is 13.4 Å². The molecule has 0 aliphatic carbocycles. The number of aliphatic imine (C=N–C) groups is 1. The normalized spacial score (nSPS) is 15.0. The highest BCUT2D eigenvalue weighted by Crippen LogP contribution is 2.25. The molecule has 10 heteroatoms. The van der Waals surface area contributed by atoms with Crippen molar-refractivity contribution >= 4 is 45.3 Å². The Balaban J connectivity index is 1.52. The molecule has 164 valence electrons. The van der Waals surface area contributed by atoms with Gasteiger partial charge in [0.25, 0.3) is 10.0 Å². The van der Waals surface area contributed by atoms with Crippen LogP contribution in [0, 0.1) is 5.92 Å². The smallest absolute Gasteiger partial charge is 0.263 e. The van der Waals surface area contributed by atoms with Crippen molar-refractivity contribution in [2.24, 2.45) is 16.6 Å². The Bertz CT molecular complexity index is 1030. The molecular formula is C21H25N5O3S2. The fourth-order valence-electron chi connectivity index (χ4n) is 3.43. The van der Waals surface area contributed by atoms with Gasteiger partial charge in [-0.3, -0.25) is 9.52 Å². The number of hydrogen-bond acceptors (Lipinski definition) is 5. The van der Waals surface area contributed by atoms with Crippen molar-refractivity contribution in [2.45, 2.75) is 24.3 Å². The maximum atomic E-state index is 12.5. The van der Waals surface area contributed by atoms with Crippen LogP contribution >= 0.6 is 12.2 Å². The topological polar surface area (TPSA) is 117 Å². The van der Waals surface area contributed by atoms with Crippen LogP contribution in [-0.2, 0) is 21.4 Å². The van der Waals surface area contributed by atoms with E-state index in [1.807, 2.05) is 30.3 Å². The molecule has 0 bridgehead atoms. The molecule has 31 heavy (non-hydrogen) atoms. The summed E-state index contributed by atoms with van der Waals surface area (Å²) in [4.78, 5) is 18.2. The Morgan fingerprint density at radius 2 is 1.77 bits per heavy atom. The predicted molar refractivity (Wildman–Crippen MR) is 125 cm³/mol. The van der Waals surface area contributed by atoms with E-state index in [9.17, 15) is 13.2 Å². The van der Waals surface area contributed by atoms with E-state index in [2.05, 4.69) is 19.9 Å². The van der Waals surface area contributed by atoms with Crippen molar-refractivity contribution in [3.05, 3.63) is 60.2 Å². The van der Waals surface area contributed by atoms with Crippen molar-refractivity contribution < 1.29 is 13.2 Å². The molecule has 1 aliphatic rings. The van der Waals surface area contributed by atoms with Gasteiger partial charge in [0.15, 0.2) is 0 Å². The monoisotopic (exact) mass is 459 g/mol. The number of nitrogens with one attached hydrogen (secondary N) is 2. The number of anilines is 1. The lowest BCUT2D eigenvalue weighted by Crippen LogP contribution is -2.40. The van der Waals surface area contributed by atoms with Crippen LogP contribution in [0.5, 0.6) is 0 Å². The third-order valence-electron chi connectivity index (χ3n) is 5.10. The molecule has 1 fully saturated rings. The van der Waals surface area contributed by atoms with Gasteiger partial charge in [0.2, 0.25) is 11.0 Å². The van der Waals surface area contributed by atoms with Gasteiger partial charge in [0.1, 0.15) is 0 Å². The second-order valence-electron chi connectivity index (χ2n) is 7.15. The van der Waals surface area contributed by atoms with Crippen molar-refractivity contribution in [3.63, 3.8) is 0 Å². The minimum absolute atomic E-state index is 0.0204. The number of hydrogen-bond donors (Lipinski definition) is 3. The molecular weight excluding hydrogens is 434 g/mol. The molecule has 8 nitrogen and oxygen atoms in total. The van der Waals surface area contributed by atoms with Crippen LogP contribution in [0.2, 0.25) is 0 Å². The first-order chi connectivity index (χ1) is 14.9. The molecule has 0 atom stereocenters. The van der Waals surface area contributed by atoms with Crippen LogP contribution < -0.4 is 20.7 Å². The van der Waals surface area contributed by atoms with E-state index in [-0.39, 0.29) is 21.8 Å². The molecule has 1 saturated heterocycles. The first kappa shape index (κ1) is 22.7. The van der Waals surface area contributed by atoms with E-state index < -0.39 is 10.0 Å². The summed E-state index contributed by atoms with van der Waals surface area (Å²) in [5, 5.41) is 2.79. The fraction of sp³-hybridized carbons (Fsp3) is 0.286. The summed E-state index contributed by atoms with van der Waals surface area (Å²) in [5.41, 5.74) is 7.10. The van der Waals surface area contributed by atoms with E-state index in [1.165, 1.54) is 12.1 Å². The van der Waals surface area contributed by atoms with E-state index in [0.717, 1.165) is 43.5 Å². The third-order valence-corrected chi connectivity index (χ3v) is 6.79. The third kappa shape index (κ3) is 6.25. The number of nitrogens with two attached hydrogens (primary N) is 1. The van der Waals surface area contributed by atoms with E-state index >= 15 is 0 Å². The van der Waals surface area contributed by atoms with Gasteiger partial charge in [0, 0.05) is 31.2 Å². The molecule has 2 aromatic carbocycles. The van der Waals surface area contributed by atoms with Gasteiger partial charge >= 0.3 is 0 Å². The molecule has 0 spiro atoms. The molecule has 0 radical (unpaired) electrons. The predicted octanol–water partition coefficient (Wildman–Crippen LogP) is 1.77. The van der Waals surface area contributed by atoms with Crippen molar-refractivity contribution in [1.82, 2.24) is 10.0 Å². The summed E-state index contributed by atoms with van der Waals surface area (Å²) in [5.74, 6) is 0.0556. The lowest BCUT2D eigenvalue weighted by Gasteiger charge is -2.33. The summed E-state index contributed by atoms with van der Waals surface area (Å²) in [6.07, 6.45) is 2.42. The molecule has 0 aromatic heterocycles. The minimum atomic E-state index is -3.81. The first-order valence-electron chi connectivity index (χ1n) is 9.87. The number of rotatable bonds is 6. The van der Waals surface area contributed by atoms with Crippen molar-refractivity contribution in [1.29, 1.82) is 0 Å². The number of benzene rings is 2. The number of nitrogens with zero attached hydrogens (tertiary/aromatic N) is 2. The Kier molecular flexibility index (Phi) is 7.59. The molecule has 1 aliphatic heterocycles. The highest BCUT2D eigenvalue weighted by atomic mass is 32.2. The SMILES string of the molecule is N/C=N\C(=S)NS(=O)(=O)c1ccc(N2CCC(C(=O)NCc3ccccc3)CC2)cc1. The fourth-order valence-corrected chi connectivity index (χ4v) is 4.72. The molecule has 3 rings (SSSR count). The molecule has 0 saturated carbocycles. The summed E-state index contributed by atoms with van der Waals surface area (Å²) in [6, 6.07) is 16.4. The minimum Gasteiger partial charge on any atom is -0.390 e. The van der Waals surface area contributed by atoms with Gasteiger partial charge in [-0.15, -0.1) is 0 Å². The maximum absolute atomic E-state index is 12.5. The quantitative estimate of drug-likeness (QED) is 0.344. The average Bonchev–Trinajstić information content (AvgIpc) is 2.78. The van der Waals surface area contributed by atoms with Gasteiger partial charge in [0.05, 0.1) is 11.2 Å². The highest BCUT2D eigenvalue weighted by molar-refractivity contribution is 7.91. The molecule has 1 heterocycles. The summed E-state index contributed by atoms with van der Waals surface area (Å²) >= 11 is 4.80. The Morgan fingerprint density at radius 1 is 1.13 bits per heavy atom. The van der Waals surface area contributed by atoms with Crippen LogP contribution in [0.25, 0.3) is 0 Å². The van der Waals surface area contributed by atoms with E-state index in [4.69, 9.17) is 18.0 Å². The maximum Gasteiger partial charge on any atom is 0.263 e. The summed E-state index contributed by atoms with van der Waals surface area (Å²) in [6.45, 7) is 1.98. The van der Waals surface area contributed by atoms with Crippen molar-refractivity contribution in [2.75, 3.05) is 18.0 Å². The number of sulfonamides is 1. The molecule has 4 N–H and O–H groups in total. The zero-order chi connectivity index (χ0) is 22.3. The second kappa shape index (κ2) is 10.4. The number of carbonyl (C=O) groups is 1. The first-order valence-corrected chi connectivity index (χ1v) is 11.8. The van der Waals surface area contributed by atoms with Gasteiger partial charge in [-0.05, 0) is 54.9 Å². The van der Waals surface area contributed by atoms with E-state index in [1.54, 1.807) is 12.1 Å². The zero-order valence-corrected chi connectivity index (χ0v) is 18.5. The van der Waals surface area contributed by atoms with Crippen molar-refractivity contribution in [3.8, 4) is 0 Å². The average molecular weight is 460 g/mol. The Labute approximate surface area is 187 Å². The molecule has 2 aromatic rings. The second-order valence-corrected chi connectivity index (χ2v) is 9.22. The zero-order valence-electron chi connectivity index (χ0n) is 16.9. The number of amides is 1. The standard InChI is InChI=1S/C21H25N5O3S2/c22-15-24-21(30)25-31(28,29)19-8-6-18(7-9-19)26-12-10-17(11-13-26)20(27)23-14-16-4-2-1-3-5-16/h1-9,15,17H,10-14H2,(H,23,27)(H3,22,24,25,30). The molecule has 1 amide bonds.